The van der Waals surface area contributed by atoms with Crippen LogP contribution in [0, 0.1) is 5.92 Å². The summed E-state index contributed by atoms with van der Waals surface area (Å²) < 4.78 is 30.9. The largest absolute Gasteiger partial charge is 0.331 e. The molecule has 0 radical (unpaired) electrons. The van der Waals surface area contributed by atoms with Crippen molar-refractivity contribution in [3.63, 3.8) is 0 Å². The number of amides is 2. The molecule has 0 saturated heterocycles. The first-order chi connectivity index (χ1) is 15.1. The molecule has 2 N–H and O–H groups in total. The molecule has 1 aromatic carbocycles. The Balaban J connectivity index is 1.61. The van der Waals surface area contributed by atoms with Crippen molar-refractivity contribution in [1.82, 2.24) is 19.4 Å². The quantitative estimate of drug-likeness (QED) is 0.662. The van der Waals surface area contributed by atoms with Crippen molar-refractivity contribution in [2.75, 3.05) is 5.32 Å². The number of aromatic nitrogens is 2. The number of fused-ring (bicyclic) bond motifs is 1. The van der Waals surface area contributed by atoms with Crippen molar-refractivity contribution in [2.45, 2.75) is 63.1 Å². The second-order valence-corrected chi connectivity index (χ2v) is 10.8. The highest BCUT2D eigenvalue weighted by atomic mass is 32.2. The van der Waals surface area contributed by atoms with Crippen LogP contribution in [-0.2, 0) is 28.4 Å². The lowest BCUT2D eigenvalue weighted by Crippen LogP contribution is -2.35. The summed E-state index contributed by atoms with van der Waals surface area (Å²) in [4.78, 5) is 26.6. The third-order valence-corrected chi connectivity index (χ3v) is 8.01. The molecular weight excluding hydrogens is 430 g/mol. The van der Waals surface area contributed by atoms with E-state index >= 15 is 0 Å². The minimum absolute atomic E-state index is 0.0228. The molecule has 0 spiro atoms. The SMILES string of the molecule is CC(=O)Nc1cc(-c2cc3c(c(S(=O)(=O)NC4CC4)c2)C(=O)N([C@@H](C)C2CC2)C3)n(C)n1. The molecular formula is C22H27N5O4S. The number of aryl methyl sites for hydroxylation is 1. The summed E-state index contributed by atoms with van der Waals surface area (Å²) in [5, 5.41) is 6.95. The van der Waals surface area contributed by atoms with Gasteiger partial charge < -0.3 is 10.2 Å². The molecule has 10 heteroatoms. The Labute approximate surface area is 187 Å². The number of sulfonamides is 1. The summed E-state index contributed by atoms with van der Waals surface area (Å²) in [6, 6.07) is 5.14. The van der Waals surface area contributed by atoms with Crippen molar-refractivity contribution in [1.29, 1.82) is 0 Å². The number of hydrogen-bond donors (Lipinski definition) is 2. The minimum atomic E-state index is -3.86. The first-order valence-corrected chi connectivity index (χ1v) is 12.4. The fraction of sp³-hybridized carbons (Fsp3) is 0.500. The molecule has 5 rings (SSSR count). The topological polar surface area (TPSA) is 113 Å². The molecule has 2 aliphatic carbocycles. The van der Waals surface area contributed by atoms with Crippen LogP contribution < -0.4 is 10.0 Å². The molecule has 2 amide bonds. The van der Waals surface area contributed by atoms with E-state index in [9.17, 15) is 18.0 Å². The van der Waals surface area contributed by atoms with Gasteiger partial charge in [-0.2, -0.15) is 5.10 Å². The Kier molecular flexibility index (Phi) is 4.90. The van der Waals surface area contributed by atoms with Gasteiger partial charge in [0.2, 0.25) is 15.9 Å². The first kappa shape index (κ1) is 21.1. The number of nitrogens with one attached hydrogen (secondary N) is 2. The smallest absolute Gasteiger partial charge is 0.256 e. The number of carbonyl (C=O) groups excluding carboxylic acids is 2. The van der Waals surface area contributed by atoms with E-state index in [1.807, 2.05) is 13.0 Å². The van der Waals surface area contributed by atoms with Gasteiger partial charge in [0.15, 0.2) is 5.82 Å². The van der Waals surface area contributed by atoms with E-state index in [2.05, 4.69) is 15.1 Å². The second kappa shape index (κ2) is 7.41. The third-order valence-electron chi connectivity index (χ3n) is 6.46. The molecule has 0 bridgehead atoms. The number of anilines is 1. The summed E-state index contributed by atoms with van der Waals surface area (Å²) in [5.74, 6) is 0.410. The summed E-state index contributed by atoms with van der Waals surface area (Å²) in [6.07, 6.45) is 3.81. The minimum Gasteiger partial charge on any atom is -0.331 e. The Morgan fingerprint density at radius 1 is 1.19 bits per heavy atom. The van der Waals surface area contributed by atoms with Gasteiger partial charge >= 0.3 is 0 Å². The zero-order valence-corrected chi connectivity index (χ0v) is 19.2. The van der Waals surface area contributed by atoms with Gasteiger partial charge in [-0.3, -0.25) is 14.3 Å². The molecule has 170 valence electrons. The lowest BCUT2D eigenvalue weighted by Gasteiger charge is -2.24. The summed E-state index contributed by atoms with van der Waals surface area (Å²) in [5.41, 5.74) is 2.28. The maximum absolute atomic E-state index is 13.3. The molecule has 1 aliphatic heterocycles. The zero-order chi connectivity index (χ0) is 22.8. The lowest BCUT2D eigenvalue weighted by molar-refractivity contribution is -0.114. The molecule has 3 aliphatic rings. The Hall–Kier alpha value is -2.72. The molecule has 0 unspecified atom stereocenters. The average Bonchev–Trinajstić information content (AvgIpc) is 3.63. The molecule has 2 saturated carbocycles. The Morgan fingerprint density at radius 2 is 1.91 bits per heavy atom. The van der Waals surface area contributed by atoms with Gasteiger partial charge in [0, 0.05) is 44.2 Å². The van der Waals surface area contributed by atoms with E-state index in [0.717, 1.165) is 25.7 Å². The number of hydrogen-bond acceptors (Lipinski definition) is 5. The van der Waals surface area contributed by atoms with Gasteiger partial charge in [0.1, 0.15) is 0 Å². The van der Waals surface area contributed by atoms with Gasteiger partial charge in [-0.25, -0.2) is 13.1 Å². The number of benzene rings is 1. The number of rotatable bonds is 7. The van der Waals surface area contributed by atoms with Crippen LogP contribution in [0.3, 0.4) is 0 Å². The van der Waals surface area contributed by atoms with Crippen molar-refractivity contribution in [3.05, 3.63) is 29.3 Å². The van der Waals surface area contributed by atoms with Crippen molar-refractivity contribution in [2.24, 2.45) is 13.0 Å². The maximum atomic E-state index is 13.3. The van der Waals surface area contributed by atoms with Crippen molar-refractivity contribution < 1.29 is 18.0 Å². The van der Waals surface area contributed by atoms with Gasteiger partial charge in [-0.1, -0.05) is 0 Å². The monoisotopic (exact) mass is 457 g/mol. The second-order valence-electron chi connectivity index (χ2n) is 9.13. The molecule has 2 heterocycles. The fourth-order valence-corrected chi connectivity index (χ4v) is 6.00. The molecule has 9 nitrogen and oxygen atoms in total. The van der Waals surface area contributed by atoms with Crippen LogP contribution in [0.25, 0.3) is 11.3 Å². The van der Waals surface area contributed by atoms with Gasteiger partial charge in [-0.05, 0) is 56.2 Å². The highest BCUT2D eigenvalue weighted by Crippen LogP contribution is 2.41. The van der Waals surface area contributed by atoms with Crippen molar-refractivity contribution >= 4 is 27.7 Å². The van der Waals surface area contributed by atoms with E-state index in [4.69, 9.17) is 0 Å². The van der Waals surface area contributed by atoms with Crippen LogP contribution in [0.15, 0.2) is 23.1 Å². The molecule has 1 atom stereocenters. The predicted octanol–water partition coefficient (Wildman–Crippen LogP) is 2.24. The normalized spacial score (nSPS) is 19.2. The Morgan fingerprint density at radius 3 is 2.53 bits per heavy atom. The molecule has 32 heavy (non-hydrogen) atoms. The average molecular weight is 458 g/mol. The van der Waals surface area contributed by atoms with Crippen LogP contribution in [0.4, 0.5) is 5.82 Å². The van der Waals surface area contributed by atoms with Crippen LogP contribution in [0.5, 0.6) is 0 Å². The van der Waals surface area contributed by atoms with Crippen LogP contribution >= 0.6 is 0 Å². The predicted molar refractivity (Wildman–Crippen MR) is 118 cm³/mol. The van der Waals surface area contributed by atoms with Crippen LogP contribution in [-0.4, -0.2) is 47.0 Å². The van der Waals surface area contributed by atoms with Crippen LogP contribution in [0.2, 0.25) is 0 Å². The molecule has 2 fully saturated rings. The van der Waals surface area contributed by atoms with Crippen LogP contribution in [0.1, 0.15) is 55.5 Å². The lowest BCUT2D eigenvalue weighted by atomic mass is 10.0. The van der Waals surface area contributed by atoms with Gasteiger partial charge in [0.05, 0.1) is 16.2 Å². The fourth-order valence-electron chi connectivity index (χ4n) is 4.42. The maximum Gasteiger partial charge on any atom is 0.256 e. The summed E-state index contributed by atoms with van der Waals surface area (Å²) >= 11 is 0. The van der Waals surface area contributed by atoms with Crippen molar-refractivity contribution in [3.8, 4) is 11.3 Å². The van der Waals surface area contributed by atoms with E-state index < -0.39 is 10.0 Å². The highest BCUT2D eigenvalue weighted by Gasteiger charge is 2.42. The summed E-state index contributed by atoms with van der Waals surface area (Å²) in [7, 11) is -2.13. The molecule has 2 aromatic rings. The highest BCUT2D eigenvalue weighted by molar-refractivity contribution is 7.89. The summed E-state index contributed by atoms with van der Waals surface area (Å²) in [6.45, 7) is 3.83. The molecule has 1 aromatic heterocycles. The number of nitrogens with zero attached hydrogens (tertiary/aromatic N) is 3. The Bertz CT molecular complexity index is 1230. The van der Waals surface area contributed by atoms with Gasteiger partial charge in [-0.15, -0.1) is 0 Å². The van der Waals surface area contributed by atoms with E-state index in [0.29, 0.717) is 35.1 Å². The third kappa shape index (κ3) is 3.81. The van der Waals surface area contributed by atoms with E-state index in [-0.39, 0.29) is 34.4 Å². The van der Waals surface area contributed by atoms with Gasteiger partial charge in [0.25, 0.3) is 5.91 Å². The number of carbonyl (C=O) groups is 2. The standard InChI is InChI=1S/C22H27N5O4S/c1-12(14-4-5-14)27-11-16-8-15(18-10-20(23-13(2)28)24-26(18)3)9-19(21(16)22(27)29)32(30,31)25-17-6-7-17/h8-10,12,14,17,25H,4-7,11H2,1-3H3,(H,23,24,28)/t12-/m0/s1. The first-order valence-electron chi connectivity index (χ1n) is 11.0. The zero-order valence-electron chi connectivity index (χ0n) is 18.4. The van der Waals surface area contributed by atoms with E-state index in [1.54, 1.807) is 28.8 Å². The van der Waals surface area contributed by atoms with E-state index in [1.165, 1.54) is 6.92 Å².